The predicted molar refractivity (Wildman–Crippen MR) is 78.6 cm³/mol. The van der Waals surface area contributed by atoms with Gasteiger partial charge < -0.3 is 0 Å². The maximum absolute atomic E-state index is 14.2. The summed E-state index contributed by atoms with van der Waals surface area (Å²) in [6, 6.07) is 4.53. The standard InChI is InChI=1S/C14H6BrClF2N2O/c15-13-8-5-19-20-11(8)4-10(18)12(13)14(21)7-3-6(17)1-2-9(7)16/h1-5H,(H,19,20). The molecule has 0 radical (unpaired) electrons. The second-order valence-corrected chi connectivity index (χ2v) is 5.53. The van der Waals surface area contributed by atoms with Gasteiger partial charge >= 0.3 is 0 Å². The fourth-order valence-corrected chi connectivity index (χ4v) is 2.92. The fourth-order valence-electron chi connectivity index (χ4n) is 2.03. The number of hydrogen-bond acceptors (Lipinski definition) is 2. The highest BCUT2D eigenvalue weighted by atomic mass is 79.9. The minimum absolute atomic E-state index is 0.0555. The summed E-state index contributed by atoms with van der Waals surface area (Å²) >= 11 is 9.09. The number of halogens is 4. The Morgan fingerprint density at radius 3 is 2.81 bits per heavy atom. The number of carbonyl (C=O) groups is 1. The van der Waals surface area contributed by atoms with E-state index < -0.39 is 17.4 Å². The summed E-state index contributed by atoms with van der Waals surface area (Å²) in [5.74, 6) is -2.07. The summed E-state index contributed by atoms with van der Waals surface area (Å²) in [5.41, 5.74) is 0.136. The van der Waals surface area contributed by atoms with Crippen LogP contribution in [0.3, 0.4) is 0 Å². The molecule has 0 aliphatic heterocycles. The third kappa shape index (κ3) is 2.34. The first-order valence-electron chi connectivity index (χ1n) is 5.80. The van der Waals surface area contributed by atoms with Crippen molar-refractivity contribution in [3.63, 3.8) is 0 Å². The molecule has 21 heavy (non-hydrogen) atoms. The van der Waals surface area contributed by atoms with Crippen LogP contribution in [0.4, 0.5) is 8.78 Å². The highest BCUT2D eigenvalue weighted by molar-refractivity contribution is 9.10. The van der Waals surface area contributed by atoms with Gasteiger partial charge in [-0.25, -0.2) is 8.78 Å². The highest BCUT2D eigenvalue weighted by Crippen LogP contribution is 2.32. The van der Waals surface area contributed by atoms with E-state index in [-0.39, 0.29) is 20.6 Å². The number of ketones is 1. The molecule has 0 saturated heterocycles. The summed E-state index contributed by atoms with van der Waals surface area (Å²) in [4.78, 5) is 12.5. The van der Waals surface area contributed by atoms with Crippen molar-refractivity contribution < 1.29 is 13.6 Å². The monoisotopic (exact) mass is 370 g/mol. The Balaban J connectivity index is 2.24. The van der Waals surface area contributed by atoms with Crippen LogP contribution in [-0.2, 0) is 0 Å². The third-order valence-corrected chi connectivity index (χ3v) is 4.19. The number of carbonyl (C=O) groups excluding carboxylic acids is 1. The number of aromatic amines is 1. The Morgan fingerprint density at radius 1 is 1.29 bits per heavy atom. The Bertz CT molecular complexity index is 879. The Labute approximate surface area is 131 Å². The van der Waals surface area contributed by atoms with E-state index in [1.165, 1.54) is 12.3 Å². The van der Waals surface area contributed by atoms with Crippen molar-refractivity contribution in [1.29, 1.82) is 0 Å². The van der Waals surface area contributed by atoms with Gasteiger partial charge in [-0.05, 0) is 34.1 Å². The number of fused-ring (bicyclic) bond motifs is 1. The van der Waals surface area contributed by atoms with Crippen LogP contribution in [0.2, 0.25) is 5.02 Å². The number of nitrogens with one attached hydrogen (secondary N) is 1. The molecule has 1 aromatic heterocycles. The highest BCUT2D eigenvalue weighted by Gasteiger charge is 2.23. The average molecular weight is 372 g/mol. The van der Waals surface area contributed by atoms with Gasteiger partial charge in [0.25, 0.3) is 0 Å². The number of nitrogens with zero attached hydrogens (tertiary/aromatic N) is 1. The summed E-state index contributed by atoms with van der Waals surface area (Å²) in [6.07, 6.45) is 1.46. The zero-order chi connectivity index (χ0) is 15.1. The molecule has 1 N–H and O–H groups in total. The smallest absolute Gasteiger partial charge is 0.198 e. The lowest BCUT2D eigenvalue weighted by atomic mass is 10.0. The first-order chi connectivity index (χ1) is 9.99. The Hall–Kier alpha value is -1.79. The van der Waals surface area contributed by atoms with Crippen LogP contribution >= 0.6 is 27.5 Å². The molecule has 0 atom stereocenters. The van der Waals surface area contributed by atoms with E-state index in [0.717, 1.165) is 18.2 Å². The lowest BCUT2D eigenvalue weighted by molar-refractivity contribution is 0.103. The Morgan fingerprint density at radius 2 is 2.05 bits per heavy atom. The molecule has 2 aromatic carbocycles. The van der Waals surface area contributed by atoms with Crippen LogP contribution < -0.4 is 0 Å². The van der Waals surface area contributed by atoms with Crippen molar-refractivity contribution in [1.82, 2.24) is 10.2 Å². The molecule has 0 aliphatic carbocycles. The van der Waals surface area contributed by atoms with E-state index >= 15 is 0 Å². The molecule has 0 spiro atoms. The maximum Gasteiger partial charge on any atom is 0.198 e. The van der Waals surface area contributed by atoms with Gasteiger partial charge in [0.05, 0.1) is 22.3 Å². The largest absolute Gasteiger partial charge is 0.288 e. The van der Waals surface area contributed by atoms with Crippen LogP contribution in [-0.4, -0.2) is 16.0 Å². The molecule has 0 fully saturated rings. The van der Waals surface area contributed by atoms with E-state index in [1.807, 2.05) is 0 Å². The summed E-state index contributed by atoms with van der Waals surface area (Å²) in [7, 11) is 0. The van der Waals surface area contributed by atoms with Gasteiger partial charge in [0.2, 0.25) is 0 Å². The SMILES string of the molecule is O=C(c1cc(F)ccc1Cl)c1c(F)cc2[nH]ncc2c1Br. The molecular weight excluding hydrogens is 366 g/mol. The molecular formula is C14H6BrClF2N2O. The molecule has 3 rings (SSSR count). The molecule has 3 aromatic rings. The third-order valence-electron chi connectivity index (χ3n) is 3.03. The lowest BCUT2D eigenvalue weighted by Gasteiger charge is -2.08. The predicted octanol–water partition coefficient (Wildman–Crippen LogP) is 4.49. The van der Waals surface area contributed by atoms with Crippen molar-refractivity contribution in [2.45, 2.75) is 0 Å². The van der Waals surface area contributed by atoms with E-state index in [1.54, 1.807) is 0 Å². The molecule has 1 heterocycles. The van der Waals surface area contributed by atoms with Crippen LogP contribution in [0.15, 0.2) is 34.9 Å². The number of hydrogen-bond donors (Lipinski definition) is 1. The van der Waals surface area contributed by atoms with Crippen LogP contribution in [0.1, 0.15) is 15.9 Å². The molecule has 0 saturated carbocycles. The van der Waals surface area contributed by atoms with Crippen LogP contribution in [0.5, 0.6) is 0 Å². The van der Waals surface area contributed by atoms with Crippen molar-refractivity contribution >= 4 is 44.2 Å². The number of rotatable bonds is 2. The van der Waals surface area contributed by atoms with Gasteiger partial charge in [-0.1, -0.05) is 11.6 Å². The van der Waals surface area contributed by atoms with Gasteiger partial charge in [0.15, 0.2) is 5.78 Å². The molecule has 0 unspecified atom stereocenters. The lowest BCUT2D eigenvalue weighted by Crippen LogP contribution is -2.07. The maximum atomic E-state index is 14.2. The molecule has 3 nitrogen and oxygen atoms in total. The van der Waals surface area contributed by atoms with E-state index in [2.05, 4.69) is 26.1 Å². The van der Waals surface area contributed by atoms with Crippen molar-refractivity contribution in [2.24, 2.45) is 0 Å². The summed E-state index contributed by atoms with van der Waals surface area (Å²) in [5, 5.41) is 7.00. The van der Waals surface area contributed by atoms with E-state index in [4.69, 9.17) is 11.6 Å². The topological polar surface area (TPSA) is 45.8 Å². The molecule has 0 amide bonds. The number of H-pyrrole nitrogens is 1. The quantitative estimate of drug-likeness (QED) is 0.675. The number of benzene rings is 2. The van der Waals surface area contributed by atoms with Gasteiger partial charge in [-0.2, -0.15) is 5.10 Å². The zero-order valence-corrected chi connectivity index (χ0v) is 12.6. The van der Waals surface area contributed by atoms with Crippen LogP contribution in [0.25, 0.3) is 10.9 Å². The minimum Gasteiger partial charge on any atom is -0.288 e. The summed E-state index contributed by atoms with van der Waals surface area (Å²) < 4.78 is 27.7. The average Bonchev–Trinajstić information content (AvgIpc) is 2.89. The molecule has 106 valence electrons. The minimum atomic E-state index is -0.746. The van der Waals surface area contributed by atoms with Gasteiger partial charge in [0, 0.05) is 21.5 Å². The van der Waals surface area contributed by atoms with Gasteiger partial charge in [-0.15, -0.1) is 0 Å². The van der Waals surface area contributed by atoms with E-state index in [9.17, 15) is 13.6 Å². The van der Waals surface area contributed by atoms with Crippen molar-refractivity contribution in [3.8, 4) is 0 Å². The fraction of sp³-hybridized carbons (Fsp3) is 0. The van der Waals surface area contributed by atoms with Gasteiger partial charge in [0.1, 0.15) is 11.6 Å². The van der Waals surface area contributed by atoms with E-state index in [0.29, 0.717) is 10.9 Å². The number of aromatic nitrogens is 2. The first-order valence-corrected chi connectivity index (χ1v) is 6.97. The second-order valence-electron chi connectivity index (χ2n) is 4.33. The normalized spacial score (nSPS) is 11.0. The van der Waals surface area contributed by atoms with Crippen molar-refractivity contribution in [2.75, 3.05) is 0 Å². The zero-order valence-electron chi connectivity index (χ0n) is 10.3. The first kappa shape index (κ1) is 14.2. The molecule has 7 heteroatoms. The van der Waals surface area contributed by atoms with Crippen LogP contribution in [0, 0.1) is 11.6 Å². The molecule has 0 bridgehead atoms. The van der Waals surface area contributed by atoms with Crippen molar-refractivity contribution in [3.05, 3.63) is 62.7 Å². The Kier molecular flexibility index (Phi) is 3.51. The van der Waals surface area contributed by atoms with Gasteiger partial charge in [-0.3, -0.25) is 9.89 Å². The summed E-state index contributed by atoms with van der Waals surface area (Å²) in [6.45, 7) is 0. The molecule has 0 aliphatic rings. The second kappa shape index (κ2) is 5.20.